The predicted molar refractivity (Wildman–Crippen MR) is 61.6 cm³/mol. The van der Waals surface area contributed by atoms with Crippen molar-refractivity contribution in [2.24, 2.45) is 4.99 Å². The van der Waals surface area contributed by atoms with Crippen molar-refractivity contribution in [3.05, 3.63) is 11.1 Å². The van der Waals surface area contributed by atoms with Crippen LogP contribution in [0.2, 0.25) is 0 Å². The molecule has 1 rings (SSSR count). The van der Waals surface area contributed by atoms with Gasteiger partial charge in [-0.15, -0.1) is 37.2 Å². The molecule has 1 nitrogen and oxygen atoms in total. The molecule has 77 valence electrons. The summed E-state index contributed by atoms with van der Waals surface area (Å²) in [4.78, 5) is 4.57. The van der Waals surface area contributed by atoms with Gasteiger partial charge < -0.3 is 0 Å². The SMILES string of the molecule is CC1=N[C](C)([Zr])C(C)=C1C.Cl.Cl.Cl. The summed E-state index contributed by atoms with van der Waals surface area (Å²) >= 11 is 1.49. The summed E-state index contributed by atoms with van der Waals surface area (Å²) in [7, 11) is 0. The summed E-state index contributed by atoms with van der Waals surface area (Å²) in [6, 6.07) is 0. The topological polar surface area (TPSA) is 12.4 Å². The van der Waals surface area contributed by atoms with Crippen molar-refractivity contribution in [1.82, 2.24) is 0 Å². The van der Waals surface area contributed by atoms with Gasteiger partial charge in [0.1, 0.15) is 0 Å². The molecule has 0 aromatic carbocycles. The van der Waals surface area contributed by atoms with Gasteiger partial charge in [-0.25, -0.2) is 0 Å². The molecule has 0 saturated heterocycles. The third kappa shape index (κ3) is 4.03. The number of allylic oxidation sites excluding steroid dienone is 1. The average molecular weight is 323 g/mol. The Labute approximate surface area is 114 Å². The predicted octanol–water partition coefficient (Wildman–Crippen LogP) is 3.33. The summed E-state index contributed by atoms with van der Waals surface area (Å²) in [6.07, 6.45) is 0. The molecule has 0 spiro atoms. The summed E-state index contributed by atoms with van der Waals surface area (Å²) in [5.41, 5.74) is 4.05. The smallest absolute Gasteiger partial charge is 0.147 e. The van der Waals surface area contributed by atoms with E-state index in [1.54, 1.807) is 0 Å². The number of hydrogen-bond acceptors (Lipinski definition) is 1. The molecule has 1 atom stereocenters. The van der Waals surface area contributed by atoms with Crippen LogP contribution in [0.3, 0.4) is 0 Å². The van der Waals surface area contributed by atoms with Gasteiger partial charge >= 0.3 is 77.5 Å². The van der Waals surface area contributed by atoms with E-state index in [0.29, 0.717) is 0 Å². The first-order chi connectivity index (χ1) is 4.45. The Bertz CT molecular complexity index is 234. The minimum absolute atomic E-state index is 0. The molecule has 1 aliphatic rings. The molecule has 0 saturated carbocycles. The van der Waals surface area contributed by atoms with Gasteiger partial charge in [-0.2, -0.15) is 0 Å². The second-order valence-corrected chi connectivity index (χ2v) is 5.41. The monoisotopic (exact) mass is 320 g/mol. The average Bonchev–Trinajstić information content (AvgIpc) is 1.95. The largest absolute Gasteiger partial charge is 0.147 e. The second kappa shape index (κ2) is 6.61. The number of aliphatic imine (C=N–C) groups is 1. The van der Waals surface area contributed by atoms with Gasteiger partial charge in [-0.1, -0.05) is 0 Å². The molecule has 0 aliphatic carbocycles. The maximum absolute atomic E-state index is 4.57. The molecule has 0 aromatic rings. The molecule has 1 heterocycles. The molecular weight excluding hydrogens is 308 g/mol. The van der Waals surface area contributed by atoms with Crippen LogP contribution in [0.5, 0.6) is 0 Å². The third-order valence-corrected chi connectivity index (χ3v) is 3.42. The maximum atomic E-state index is 4.57. The Morgan fingerprint density at radius 2 is 1.46 bits per heavy atom. The fourth-order valence-corrected chi connectivity index (χ4v) is 2.01. The van der Waals surface area contributed by atoms with Crippen LogP contribution in [0.1, 0.15) is 27.7 Å². The molecule has 0 aromatic heterocycles. The van der Waals surface area contributed by atoms with Crippen LogP contribution in [0.25, 0.3) is 0 Å². The van der Waals surface area contributed by atoms with Crippen molar-refractivity contribution in [3.8, 4) is 0 Å². The van der Waals surface area contributed by atoms with Gasteiger partial charge in [-0.3, -0.25) is 0 Å². The molecule has 0 amide bonds. The first kappa shape index (κ1) is 19.7. The van der Waals surface area contributed by atoms with Crippen LogP contribution in [0, 0.1) is 0 Å². The van der Waals surface area contributed by atoms with Crippen LogP contribution in [-0.4, -0.2) is 8.96 Å². The quantitative estimate of drug-likeness (QED) is 0.649. The first-order valence-corrected chi connectivity index (χ1v) is 4.68. The van der Waals surface area contributed by atoms with Gasteiger partial charge in [0, 0.05) is 0 Å². The summed E-state index contributed by atoms with van der Waals surface area (Å²) in [5.74, 6) is 0. The summed E-state index contributed by atoms with van der Waals surface area (Å²) in [6.45, 7) is 8.63. The van der Waals surface area contributed by atoms with E-state index in [9.17, 15) is 0 Å². The fraction of sp³-hybridized carbons (Fsp3) is 0.625. The number of rotatable bonds is 0. The van der Waals surface area contributed by atoms with Crippen molar-refractivity contribution >= 4 is 42.9 Å². The van der Waals surface area contributed by atoms with Crippen molar-refractivity contribution in [2.45, 2.75) is 30.9 Å². The van der Waals surface area contributed by atoms with Crippen molar-refractivity contribution in [3.63, 3.8) is 0 Å². The van der Waals surface area contributed by atoms with Crippen molar-refractivity contribution in [2.75, 3.05) is 0 Å². The molecule has 13 heavy (non-hydrogen) atoms. The molecule has 0 fully saturated rings. The molecule has 0 radical (unpaired) electrons. The molecule has 1 unspecified atom stereocenters. The molecule has 0 bridgehead atoms. The van der Waals surface area contributed by atoms with Crippen molar-refractivity contribution in [1.29, 1.82) is 0 Å². The molecular formula is C8H15Cl3NZr. The fourth-order valence-electron chi connectivity index (χ4n) is 1.14. The van der Waals surface area contributed by atoms with Crippen LogP contribution in [-0.2, 0) is 24.7 Å². The summed E-state index contributed by atoms with van der Waals surface area (Å²) in [5, 5.41) is 0. The first-order valence-electron chi connectivity index (χ1n) is 3.45. The van der Waals surface area contributed by atoms with Crippen LogP contribution >= 0.6 is 37.2 Å². The summed E-state index contributed by atoms with van der Waals surface area (Å²) < 4.78 is 0.154. The van der Waals surface area contributed by atoms with E-state index < -0.39 is 0 Å². The Morgan fingerprint density at radius 3 is 1.54 bits per heavy atom. The number of nitrogens with zero attached hydrogens (tertiary/aromatic N) is 1. The molecule has 0 N–H and O–H groups in total. The maximum Gasteiger partial charge on any atom is -0.147 e. The number of hydrogen-bond donors (Lipinski definition) is 0. The van der Waals surface area contributed by atoms with Gasteiger partial charge in [0.2, 0.25) is 0 Å². The zero-order valence-electron chi connectivity index (χ0n) is 8.17. The van der Waals surface area contributed by atoms with E-state index >= 15 is 0 Å². The third-order valence-electron chi connectivity index (χ3n) is 2.23. The Balaban J connectivity index is -0.000000333. The van der Waals surface area contributed by atoms with Crippen LogP contribution in [0.4, 0.5) is 0 Å². The van der Waals surface area contributed by atoms with E-state index in [2.05, 4.69) is 32.7 Å². The van der Waals surface area contributed by atoms with E-state index in [4.69, 9.17) is 0 Å². The van der Waals surface area contributed by atoms with Gasteiger partial charge in [-0.05, 0) is 0 Å². The van der Waals surface area contributed by atoms with E-state index in [1.165, 1.54) is 41.6 Å². The normalized spacial score (nSPS) is 25.3. The number of halogens is 3. The Hall–Kier alpha value is 1.16. The van der Waals surface area contributed by atoms with Gasteiger partial charge in [0.15, 0.2) is 0 Å². The van der Waals surface area contributed by atoms with Crippen LogP contribution in [0.15, 0.2) is 16.1 Å². The van der Waals surface area contributed by atoms with Gasteiger partial charge in [0.05, 0.1) is 0 Å². The minimum Gasteiger partial charge on any atom is -0.147 e. The Morgan fingerprint density at radius 1 is 1.08 bits per heavy atom. The standard InChI is InChI=1S/C8H12N.3ClH.Zr/c1-5-6(2)8(4)9-7(5)3;;;;/h1-4H3;3*1H;. The van der Waals surface area contributed by atoms with E-state index in [1.807, 2.05) is 0 Å². The van der Waals surface area contributed by atoms with Crippen molar-refractivity contribution < 1.29 is 24.7 Å². The van der Waals surface area contributed by atoms with E-state index in [0.717, 1.165) is 0 Å². The second-order valence-electron chi connectivity index (χ2n) is 3.02. The van der Waals surface area contributed by atoms with E-state index in [-0.39, 0.29) is 40.5 Å². The molecule has 1 aliphatic heterocycles. The van der Waals surface area contributed by atoms with Gasteiger partial charge in [0.25, 0.3) is 0 Å². The minimum atomic E-state index is 0. The zero-order chi connectivity index (χ0) is 7.94. The Kier molecular flexibility index (Phi) is 10.0. The molecule has 5 heteroatoms. The zero-order valence-corrected chi connectivity index (χ0v) is 13.1. The van der Waals surface area contributed by atoms with Crippen LogP contribution < -0.4 is 0 Å².